The van der Waals surface area contributed by atoms with Crippen molar-refractivity contribution in [3.63, 3.8) is 0 Å². The number of carboxylic acids is 1. The van der Waals surface area contributed by atoms with E-state index in [-0.39, 0.29) is 13.1 Å². The van der Waals surface area contributed by atoms with Crippen LogP contribution in [0.5, 0.6) is 0 Å². The molecule has 0 bridgehead atoms. The van der Waals surface area contributed by atoms with Gasteiger partial charge in [0.2, 0.25) is 15.9 Å². The number of nitrogens with zero attached hydrogens (tertiary/aromatic N) is 1. The Hall–Kier alpha value is -1.15. The fraction of sp³-hybridized carbons (Fsp3) is 0.818. The van der Waals surface area contributed by atoms with Crippen LogP contribution in [0.15, 0.2) is 0 Å². The average molecular weight is 294 g/mol. The van der Waals surface area contributed by atoms with Gasteiger partial charge in [-0.2, -0.15) is 4.31 Å². The Kier molecular flexibility index (Phi) is 6.44. The molecule has 0 aromatic carbocycles. The fourth-order valence-corrected chi connectivity index (χ4v) is 1.87. The number of hydrogen-bond donors (Lipinski definition) is 2. The van der Waals surface area contributed by atoms with Crippen LogP contribution in [-0.4, -0.2) is 56.1 Å². The summed E-state index contributed by atoms with van der Waals surface area (Å²) in [5.74, 6) is -1.48. The maximum absolute atomic E-state index is 11.6. The van der Waals surface area contributed by atoms with Gasteiger partial charge in [-0.25, -0.2) is 8.42 Å². The molecule has 2 N–H and O–H groups in total. The van der Waals surface area contributed by atoms with Gasteiger partial charge in [0.05, 0.1) is 18.2 Å². The molecule has 0 heterocycles. The lowest BCUT2D eigenvalue weighted by molar-refractivity contribution is -0.149. The maximum atomic E-state index is 11.6. The number of aliphatic carboxylic acids is 1. The zero-order valence-electron chi connectivity index (χ0n) is 11.8. The van der Waals surface area contributed by atoms with Crippen molar-refractivity contribution in [1.29, 1.82) is 0 Å². The summed E-state index contributed by atoms with van der Waals surface area (Å²) in [6.45, 7) is 3.16. The molecule has 0 aliphatic carbocycles. The van der Waals surface area contributed by atoms with Gasteiger partial charge in [0.15, 0.2) is 0 Å². The molecule has 0 radical (unpaired) electrons. The van der Waals surface area contributed by atoms with Crippen LogP contribution in [0.2, 0.25) is 0 Å². The van der Waals surface area contributed by atoms with Gasteiger partial charge in [-0.05, 0) is 12.8 Å². The van der Waals surface area contributed by atoms with Crippen LogP contribution in [0, 0.1) is 5.41 Å². The molecule has 0 aromatic heterocycles. The number of hydrogen-bond acceptors (Lipinski definition) is 4. The summed E-state index contributed by atoms with van der Waals surface area (Å²) in [7, 11) is -2.13. The zero-order chi connectivity index (χ0) is 15.3. The van der Waals surface area contributed by atoms with E-state index in [1.54, 1.807) is 13.8 Å². The van der Waals surface area contributed by atoms with Crippen LogP contribution in [-0.2, 0) is 19.6 Å². The molecule has 0 spiro atoms. The third-order valence-corrected chi connectivity index (χ3v) is 4.63. The summed E-state index contributed by atoms with van der Waals surface area (Å²) >= 11 is 0. The predicted molar refractivity (Wildman–Crippen MR) is 71.1 cm³/mol. The van der Waals surface area contributed by atoms with E-state index >= 15 is 0 Å². The molecule has 0 aliphatic rings. The quantitative estimate of drug-likeness (QED) is 0.650. The van der Waals surface area contributed by atoms with E-state index < -0.39 is 27.3 Å². The number of likely N-dealkylation sites (N-methyl/N-ethyl adjacent to an activating group) is 1. The van der Waals surface area contributed by atoms with Crippen molar-refractivity contribution < 1.29 is 23.1 Å². The van der Waals surface area contributed by atoms with Crippen LogP contribution >= 0.6 is 0 Å². The molecule has 1 amide bonds. The molecular weight excluding hydrogens is 272 g/mol. The number of nitrogens with one attached hydrogen (secondary N) is 1. The van der Waals surface area contributed by atoms with E-state index in [0.29, 0.717) is 12.8 Å². The Balaban J connectivity index is 4.56. The predicted octanol–water partition coefficient (Wildman–Crippen LogP) is -0.115. The highest BCUT2D eigenvalue weighted by Crippen LogP contribution is 2.25. The number of sulfonamides is 1. The van der Waals surface area contributed by atoms with Gasteiger partial charge in [0.25, 0.3) is 0 Å². The fourth-order valence-electron chi connectivity index (χ4n) is 1.52. The van der Waals surface area contributed by atoms with Crippen LogP contribution in [0.3, 0.4) is 0 Å². The molecule has 0 aliphatic heterocycles. The van der Waals surface area contributed by atoms with E-state index in [1.807, 2.05) is 0 Å². The highest BCUT2D eigenvalue weighted by Gasteiger charge is 2.35. The van der Waals surface area contributed by atoms with Crippen molar-refractivity contribution in [2.24, 2.45) is 5.41 Å². The molecule has 0 fully saturated rings. The minimum Gasteiger partial charge on any atom is -0.481 e. The van der Waals surface area contributed by atoms with Crippen LogP contribution < -0.4 is 5.32 Å². The summed E-state index contributed by atoms with van der Waals surface area (Å²) in [4.78, 5) is 22.8. The standard InChI is InChI=1S/C11H22N2O5S/c1-5-11(6-2,10(15)16)8-12-9(14)7-13(3)19(4,17)18/h5-8H2,1-4H3,(H,12,14)(H,15,16). The van der Waals surface area contributed by atoms with Crippen molar-refractivity contribution >= 4 is 21.9 Å². The first-order chi connectivity index (χ1) is 8.59. The van der Waals surface area contributed by atoms with Gasteiger partial charge in [0.1, 0.15) is 0 Å². The Morgan fingerprint density at radius 3 is 2.05 bits per heavy atom. The topological polar surface area (TPSA) is 104 Å². The zero-order valence-corrected chi connectivity index (χ0v) is 12.6. The van der Waals surface area contributed by atoms with Gasteiger partial charge < -0.3 is 10.4 Å². The molecule has 0 atom stereocenters. The van der Waals surface area contributed by atoms with Crippen molar-refractivity contribution in [3.8, 4) is 0 Å². The highest BCUT2D eigenvalue weighted by molar-refractivity contribution is 7.88. The van der Waals surface area contributed by atoms with E-state index in [2.05, 4.69) is 5.32 Å². The molecule has 0 unspecified atom stereocenters. The second kappa shape index (κ2) is 6.85. The molecular formula is C11H22N2O5S. The second-order valence-electron chi connectivity index (χ2n) is 4.59. The maximum Gasteiger partial charge on any atom is 0.311 e. The van der Waals surface area contributed by atoms with Crippen molar-refractivity contribution in [2.75, 3.05) is 26.4 Å². The van der Waals surface area contributed by atoms with E-state index in [1.165, 1.54) is 7.05 Å². The average Bonchev–Trinajstić information content (AvgIpc) is 2.29. The molecule has 0 rings (SSSR count). The number of carbonyl (C=O) groups is 2. The first-order valence-electron chi connectivity index (χ1n) is 6.00. The van der Waals surface area contributed by atoms with Crippen LogP contribution in [0.25, 0.3) is 0 Å². The molecule has 19 heavy (non-hydrogen) atoms. The smallest absolute Gasteiger partial charge is 0.311 e. The van der Waals surface area contributed by atoms with Crippen LogP contribution in [0.1, 0.15) is 26.7 Å². The monoisotopic (exact) mass is 294 g/mol. The number of carbonyl (C=O) groups excluding carboxylic acids is 1. The first-order valence-corrected chi connectivity index (χ1v) is 7.85. The third kappa shape index (κ3) is 5.15. The van der Waals surface area contributed by atoms with Crippen molar-refractivity contribution in [1.82, 2.24) is 9.62 Å². The molecule has 8 heteroatoms. The first kappa shape index (κ1) is 17.8. The van der Waals surface area contributed by atoms with Crippen molar-refractivity contribution in [3.05, 3.63) is 0 Å². The largest absolute Gasteiger partial charge is 0.481 e. The summed E-state index contributed by atoms with van der Waals surface area (Å²) in [5.41, 5.74) is -1.00. The van der Waals surface area contributed by atoms with Gasteiger partial charge in [-0.15, -0.1) is 0 Å². The highest BCUT2D eigenvalue weighted by atomic mass is 32.2. The Morgan fingerprint density at radius 2 is 1.74 bits per heavy atom. The lowest BCUT2D eigenvalue weighted by Crippen LogP contribution is -2.45. The van der Waals surface area contributed by atoms with E-state index in [4.69, 9.17) is 0 Å². The van der Waals surface area contributed by atoms with Gasteiger partial charge in [-0.1, -0.05) is 13.8 Å². The molecule has 112 valence electrons. The number of amides is 1. The van der Waals surface area contributed by atoms with Gasteiger partial charge in [-0.3, -0.25) is 9.59 Å². The van der Waals surface area contributed by atoms with Gasteiger partial charge in [0, 0.05) is 13.6 Å². The van der Waals surface area contributed by atoms with E-state index in [9.17, 15) is 23.1 Å². The molecule has 0 saturated carbocycles. The Bertz CT molecular complexity index is 428. The summed E-state index contributed by atoms with van der Waals surface area (Å²) in [5, 5.41) is 11.7. The number of carboxylic acid groups (broad SMARTS) is 1. The van der Waals surface area contributed by atoms with Crippen LogP contribution in [0.4, 0.5) is 0 Å². The summed E-state index contributed by atoms with van der Waals surface area (Å²) in [6.07, 6.45) is 1.78. The third-order valence-electron chi connectivity index (χ3n) is 3.36. The Morgan fingerprint density at radius 1 is 1.26 bits per heavy atom. The minimum absolute atomic E-state index is 0.00817. The lowest BCUT2D eigenvalue weighted by atomic mass is 9.82. The Labute approximate surface area is 114 Å². The van der Waals surface area contributed by atoms with Crippen molar-refractivity contribution in [2.45, 2.75) is 26.7 Å². The normalized spacial score (nSPS) is 12.5. The second-order valence-corrected chi connectivity index (χ2v) is 6.68. The molecule has 0 saturated heterocycles. The SMILES string of the molecule is CCC(CC)(CNC(=O)CN(C)S(C)(=O)=O)C(=O)O. The summed E-state index contributed by atoms with van der Waals surface area (Å²) in [6, 6.07) is 0. The minimum atomic E-state index is -3.42. The number of rotatable bonds is 8. The van der Waals surface area contributed by atoms with E-state index in [0.717, 1.165) is 10.6 Å². The molecule has 7 nitrogen and oxygen atoms in total. The summed E-state index contributed by atoms with van der Waals surface area (Å²) < 4.78 is 23.2. The van der Waals surface area contributed by atoms with Gasteiger partial charge >= 0.3 is 5.97 Å². The lowest BCUT2D eigenvalue weighted by Gasteiger charge is -2.27. The molecule has 0 aromatic rings.